The van der Waals surface area contributed by atoms with E-state index >= 15 is 0 Å². The van der Waals surface area contributed by atoms with Crippen LogP contribution in [0.25, 0.3) is 17.1 Å². The maximum Gasteiger partial charge on any atom is 0.250 e. The molecule has 0 radical (unpaired) electrons. The molecule has 0 bridgehead atoms. The summed E-state index contributed by atoms with van der Waals surface area (Å²) >= 11 is 1.24. The van der Waals surface area contributed by atoms with Crippen LogP contribution in [0.5, 0.6) is 17.2 Å². The van der Waals surface area contributed by atoms with Gasteiger partial charge in [-0.1, -0.05) is 11.8 Å². The Morgan fingerprint density at radius 3 is 2.68 bits per heavy atom. The van der Waals surface area contributed by atoms with Gasteiger partial charge in [0.05, 0.1) is 25.2 Å². The van der Waals surface area contributed by atoms with Crippen LogP contribution in [-0.4, -0.2) is 55.9 Å². The minimum absolute atomic E-state index is 0.0294. The van der Waals surface area contributed by atoms with Gasteiger partial charge in [0.2, 0.25) is 0 Å². The zero-order chi connectivity index (χ0) is 26.2. The van der Waals surface area contributed by atoms with Crippen LogP contribution < -0.4 is 14.9 Å². The summed E-state index contributed by atoms with van der Waals surface area (Å²) in [6.45, 7) is 4.26. The molecule has 0 aliphatic heterocycles. The van der Waals surface area contributed by atoms with E-state index in [1.807, 2.05) is 47.9 Å². The van der Waals surface area contributed by atoms with Gasteiger partial charge >= 0.3 is 0 Å². The summed E-state index contributed by atoms with van der Waals surface area (Å²) in [5.74, 6) is 1.48. The monoisotopic (exact) mass is 518 g/mol. The lowest BCUT2D eigenvalue weighted by Gasteiger charge is -2.11. The number of phenols is 1. The zero-order valence-electron chi connectivity index (χ0n) is 20.6. The number of phenolic OH excluding ortho intramolecular Hbond substituents is 1. The number of hydrazone groups is 1. The predicted octanol–water partition coefficient (Wildman–Crippen LogP) is 4.07. The summed E-state index contributed by atoms with van der Waals surface area (Å²) in [5, 5.41) is 23.2. The largest absolute Gasteiger partial charge is 0.504 e. The lowest BCUT2D eigenvalue weighted by molar-refractivity contribution is -0.118. The minimum atomic E-state index is -0.306. The third-order valence-electron chi connectivity index (χ3n) is 5.24. The van der Waals surface area contributed by atoms with Crippen LogP contribution in [0.4, 0.5) is 0 Å². The first-order chi connectivity index (χ1) is 18.0. The minimum Gasteiger partial charge on any atom is -0.504 e. The van der Waals surface area contributed by atoms with Crippen LogP contribution in [0.1, 0.15) is 19.4 Å². The van der Waals surface area contributed by atoms with Gasteiger partial charge in [0.1, 0.15) is 5.75 Å². The van der Waals surface area contributed by atoms with Crippen LogP contribution in [0.15, 0.2) is 77.2 Å². The van der Waals surface area contributed by atoms with Crippen molar-refractivity contribution in [1.82, 2.24) is 25.2 Å². The molecule has 10 nitrogen and oxygen atoms in total. The zero-order valence-corrected chi connectivity index (χ0v) is 21.4. The number of rotatable bonds is 10. The maximum absolute atomic E-state index is 12.6. The number of ether oxygens (including phenoxy) is 2. The number of aromatic hydroxyl groups is 1. The van der Waals surface area contributed by atoms with E-state index in [4.69, 9.17) is 9.47 Å². The first-order valence-corrected chi connectivity index (χ1v) is 12.4. The highest BCUT2D eigenvalue weighted by molar-refractivity contribution is 7.99. The molecular weight excluding hydrogens is 492 g/mol. The van der Waals surface area contributed by atoms with Crippen molar-refractivity contribution in [1.29, 1.82) is 0 Å². The SMILES string of the molecule is CCOc1ccc(-n2c(SCC(=O)NN=C(C)c3ccc(O)c(OC)c3)nnc2-c2cccnc2)cc1. The van der Waals surface area contributed by atoms with Gasteiger partial charge in [-0.2, -0.15) is 5.10 Å². The number of hydrogen-bond donors (Lipinski definition) is 2. The molecule has 1 amide bonds. The second kappa shape index (κ2) is 12.0. The highest BCUT2D eigenvalue weighted by Gasteiger charge is 2.18. The van der Waals surface area contributed by atoms with Gasteiger partial charge in [0.15, 0.2) is 22.5 Å². The number of methoxy groups -OCH3 is 1. The third kappa shape index (κ3) is 6.25. The fourth-order valence-corrected chi connectivity index (χ4v) is 4.16. The summed E-state index contributed by atoms with van der Waals surface area (Å²) in [7, 11) is 1.47. The molecule has 37 heavy (non-hydrogen) atoms. The van der Waals surface area contributed by atoms with E-state index in [9.17, 15) is 9.90 Å². The normalized spacial score (nSPS) is 11.3. The Hall–Kier alpha value is -4.38. The van der Waals surface area contributed by atoms with E-state index in [1.165, 1.54) is 24.9 Å². The number of thioether (sulfide) groups is 1. The van der Waals surface area contributed by atoms with E-state index in [1.54, 1.807) is 31.5 Å². The number of nitrogens with zero attached hydrogens (tertiary/aromatic N) is 5. The van der Waals surface area contributed by atoms with Crippen molar-refractivity contribution in [3.05, 3.63) is 72.6 Å². The van der Waals surface area contributed by atoms with Crippen LogP contribution >= 0.6 is 11.8 Å². The summed E-state index contributed by atoms with van der Waals surface area (Å²) in [4.78, 5) is 16.8. The van der Waals surface area contributed by atoms with Crippen molar-refractivity contribution in [2.75, 3.05) is 19.5 Å². The molecule has 0 saturated heterocycles. The Kier molecular flexibility index (Phi) is 8.37. The maximum atomic E-state index is 12.6. The average molecular weight is 519 g/mol. The number of pyridine rings is 1. The Balaban J connectivity index is 1.51. The average Bonchev–Trinajstić information content (AvgIpc) is 3.36. The molecule has 0 aliphatic carbocycles. The fourth-order valence-electron chi connectivity index (χ4n) is 3.41. The van der Waals surface area contributed by atoms with Crippen molar-refractivity contribution in [3.63, 3.8) is 0 Å². The van der Waals surface area contributed by atoms with Gasteiger partial charge in [-0.3, -0.25) is 14.3 Å². The van der Waals surface area contributed by atoms with Gasteiger partial charge in [0, 0.05) is 29.2 Å². The van der Waals surface area contributed by atoms with E-state index in [0.29, 0.717) is 34.6 Å². The highest BCUT2D eigenvalue weighted by atomic mass is 32.2. The molecule has 0 aliphatic rings. The van der Waals surface area contributed by atoms with Gasteiger partial charge in [0.25, 0.3) is 5.91 Å². The molecule has 0 fully saturated rings. The third-order valence-corrected chi connectivity index (χ3v) is 6.17. The second-order valence-electron chi connectivity index (χ2n) is 7.72. The van der Waals surface area contributed by atoms with Crippen molar-refractivity contribution in [3.8, 4) is 34.3 Å². The predicted molar refractivity (Wildman–Crippen MR) is 141 cm³/mol. The number of benzene rings is 2. The smallest absolute Gasteiger partial charge is 0.250 e. The van der Waals surface area contributed by atoms with Crippen LogP contribution in [0.3, 0.4) is 0 Å². The van der Waals surface area contributed by atoms with Crippen LogP contribution in [-0.2, 0) is 4.79 Å². The Bertz CT molecular complexity index is 1390. The highest BCUT2D eigenvalue weighted by Crippen LogP contribution is 2.29. The van der Waals surface area contributed by atoms with E-state index in [2.05, 4.69) is 25.7 Å². The topological polar surface area (TPSA) is 124 Å². The van der Waals surface area contributed by atoms with Crippen molar-refractivity contribution >= 4 is 23.4 Å². The lowest BCUT2D eigenvalue weighted by Crippen LogP contribution is -2.21. The summed E-state index contributed by atoms with van der Waals surface area (Å²) in [5.41, 5.74) is 5.45. The molecule has 11 heteroatoms. The van der Waals surface area contributed by atoms with Gasteiger partial charge < -0.3 is 14.6 Å². The number of aromatic nitrogens is 4. The van der Waals surface area contributed by atoms with Gasteiger partial charge in [-0.05, 0) is 68.4 Å². The van der Waals surface area contributed by atoms with Gasteiger partial charge in [-0.15, -0.1) is 10.2 Å². The molecule has 4 rings (SSSR count). The molecular formula is C26H26N6O4S. The standard InChI is InChI=1S/C26H26N6O4S/c1-4-36-21-10-8-20(9-11-21)32-25(19-6-5-13-27-15-19)30-31-26(32)37-16-24(34)29-28-17(2)18-7-12-22(33)23(14-18)35-3/h5-15,33H,4,16H2,1-3H3,(H,29,34). The molecule has 190 valence electrons. The number of amides is 1. The Morgan fingerprint density at radius 2 is 1.97 bits per heavy atom. The number of carbonyl (C=O) groups is 1. The molecule has 0 saturated carbocycles. The van der Waals surface area contributed by atoms with Crippen molar-refractivity contribution < 1.29 is 19.4 Å². The summed E-state index contributed by atoms with van der Waals surface area (Å²) < 4.78 is 12.6. The van der Waals surface area contributed by atoms with Crippen molar-refractivity contribution in [2.45, 2.75) is 19.0 Å². The van der Waals surface area contributed by atoms with E-state index in [-0.39, 0.29) is 17.4 Å². The molecule has 2 aromatic heterocycles. The van der Waals surface area contributed by atoms with Crippen LogP contribution in [0.2, 0.25) is 0 Å². The fraction of sp³-hybridized carbons (Fsp3) is 0.192. The van der Waals surface area contributed by atoms with Gasteiger partial charge in [-0.25, -0.2) is 5.43 Å². The molecule has 0 atom stereocenters. The molecule has 4 aromatic rings. The molecule has 2 heterocycles. The Labute approximate surface area is 218 Å². The van der Waals surface area contributed by atoms with Crippen molar-refractivity contribution in [2.24, 2.45) is 5.10 Å². The molecule has 0 spiro atoms. The van der Waals surface area contributed by atoms with E-state index < -0.39 is 0 Å². The number of nitrogens with one attached hydrogen (secondary N) is 1. The van der Waals surface area contributed by atoms with Crippen LogP contribution in [0, 0.1) is 0 Å². The van der Waals surface area contributed by atoms with E-state index in [0.717, 1.165) is 17.0 Å². The Morgan fingerprint density at radius 1 is 1.16 bits per heavy atom. The lowest BCUT2D eigenvalue weighted by atomic mass is 10.1. The molecule has 0 unspecified atom stereocenters. The molecule has 2 aromatic carbocycles. The second-order valence-corrected chi connectivity index (χ2v) is 8.66. The first-order valence-electron chi connectivity index (χ1n) is 11.4. The number of carbonyl (C=O) groups excluding carboxylic acids is 1. The number of hydrogen-bond acceptors (Lipinski definition) is 9. The quantitative estimate of drug-likeness (QED) is 0.183. The summed E-state index contributed by atoms with van der Waals surface area (Å²) in [6.07, 6.45) is 3.41. The molecule has 2 N–H and O–H groups in total. The summed E-state index contributed by atoms with van der Waals surface area (Å²) in [6, 6.07) is 16.2. The first kappa shape index (κ1) is 25.7.